The normalized spacial score (nSPS) is 62.7. The van der Waals surface area contributed by atoms with Crippen LogP contribution < -0.4 is 0 Å². The molecule has 2 heterocycles. The summed E-state index contributed by atoms with van der Waals surface area (Å²) in [4.78, 5) is 0. The van der Waals surface area contributed by atoms with Crippen molar-refractivity contribution >= 4 is 0 Å². The van der Waals surface area contributed by atoms with Crippen LogP contribution in [-0.4, -0.2) is 62.3 Å². The molecule has 146 valence electrons. The smallest absolute Gasteiger partial charge is 0.203 e. The van der Waals surface area contributed by atoms with Crippen LogP contribution in [0.5, 0.6) is 0 Å². The van der Waals surface area contributed by atoms with Crippen molar-refractivity contribution in [3.8, 4) is 0 Å². The minimum absolute atomic E-state index is 0.231. The molecular formula is C20H30O6. The van der Waals surface area contributed by atoms with Crippen molar-refractivity contribution in [1.29, 1.82) is 0 Å². The highest BCUT2D eigenvalue weighted by atomic mass is 16.6. The van der Waals surface area contributed by atoms with Gasteiger partial charge in [-0.3, -0.25) is 0 Å². The van der Waals surface area contributed by atoms with E-state index in [0.29, 0.717) is 12.0 Å². The first-order chi connectivity index (χ1) is 12.1. The monoisotopic (exact) mass is 366 g/mol. The molecule has 6 rings (SSSR count). The van der Waals surface area contributed by atoms with E-state index in [1.54, 1.807) is 0 Å². The molecule has 6 aliphatic rings. The second-order valence-electron chi connectivity index (χ2n) is 10.2. The van der Waals surface area contributed by atoms with Crippen LogP contribution in [0.25, 0.3) is 0 Å². The number of ether oxygens (including phenoxy) is 1. The van der Waals surface area contributed by atoms with Crippen LogP contribution in [0, 0.1) is 34.0 Å². The van der Waals surface area contributed by atoms with Crippen molar-refractivity contribution in [2.24, 2.45) is 34.0 Å². The minimum Gasteiger partial charge on any atom is -0.393 e. The lowest BCUT2D eigenvalue weighted by Gasteiger charge is -2.75. The van der Waals surface area contributed by atoms with Gasteiger partial charge in [-0.15, -0.1) is 0 Å². The Hall–Kier alpha value is -0.500. The molecule has 4 bridgehead atoms. The van der Waals surface area contributed by atoms with Crippen molar-refractivity contribution in [2.75, 3.05) is 6.61 Å². The SMILES string of the molecule is C=C1C2CC(O)C3C45CCCC(C)(C)C4C(O)C(O)(OC5)C3(C1O)C2O. The minimum atomic E-state index is -2.10. The van der Waals surface area contributed by atoms with E-state index < -0.39 is 52.9 Å². The molecule has 0 aromatic rings. The van der Waals surface area contributed by atoms with E-state index in [4.69, 9.17) is 4.74 Å². The van der Waals surface area contributed by atoms with Gasteiger partial charge in [0.15, 0.2) is 0 Å². The summed E-state index contributed by atoms with van der Waals surface area (Å²) in [5, 5.41) is 56.5. The van der Waals surface area contributed by atoms with Crippen LogP contribution in [0.4, 0.5) is 0 Å². The Morgan fingerprint density at radius 1 is 1.04 bits per heavy atom. The Balaban J connectivity index is 1.80. The summed E-state index contributed by atoms with van der Waals surface area (Å²) in [6.07, 6.45) is -1.41. The van der Waals surface area contributed by atoms with Crippen LogP contribution in [0.2, 0.25) is 0 Å². The standard InChI is InChI=1S/C20H30O6/c1-9-10-7-11(21)12-18-6-4-5-17(2,3)13(18)16(24)20(25,26-8-18)19(12,14(9)22)15(10)23/h10-16,21-25H,1,4-8H2,2-3H3. The second-order valence-corrected chi connectivity index (χ2v) is 10.2. The quantitative estimate of drug-likeness (QED) is 0.391. The number of aliphatic hydroxyl groups excluding tert-OH is 4. The molecule has 5 N–H and O–H groups in total. The molecular weight excluding hydrogens is 336 g/mol. The van der Waals surface area contributed by atoms with Crippen molar-refractivity contribution in [1.82, 2.24) is 0 Å². The van der Waals surface area contributed by atoms with Gasteiger partial charge >= 0.3 is 0 Å². The second kappa shape index (κ2) is 4.73. The number of hydrogen-bond donors (Lipinski definition) is 5. The first-order valence-corrected chi connectivity index (χ1v) is 9.83. The van der Waals surface area contributed by atoms with Crippen LogP contribution in [0.1, 0.15) is 39.5 Å². The van der Waals surface area contributed by atoms with Gasteiger partial charge in [0.05, 0.1) is 30.3 Å². The fraction of sp³-hybridized carbons (Fsp3) is 0.900. The Bertz CT molecular complexity index is 677. The summed E-state index contributed by atoms with van der Waals surface area (Å²) in [5.41, 5.74) is -1.92. The van der Waals surface area contributed by atoms with Crippen molar-refractivity contribution < 1.29 is 30.3 Å². The van der Waals surface area contributed by atoms with Gasteiger partial charge in [-0.25, -0.2) is 0 Å². The topological polar surface area (TPSA) is 110 Å². The predicted molar refractivity (Wildman–Crippen MR) is 91.7 cm³/mol. The van der Waals surface area contributed by atoms with Gasteiger partial charge in [0.1, 0.15) is 6.10 Å². The van der Waals surface area contributed by atoms with Crippen molar-refractivity contribution in [3.05, 3.63) is 12.2 Å². The first-order valence-electron chi connectivity index (χ1n) is 9.83. The third-order valence-electron chi connectivity index (χ3n) is 8.99. The Kier molecular flexibility index (Phi) is 3.20. The van der Waals surface area contributed by atoms with E-state index in [2.05, 4.69) is 20.4 Å². The van der Waals surface area contributed by atoms with Crippen LogP contribution in [0.3, 0.4) is 0 Å². The third-order valence-corrected chi connectivity index (χ3v) is 8.99. The lowest BCUT2D eigenvalue weighted by Crippen LogP contribution is -2.85. The number of rotatable bonds is 0. The summed E-state index contributed by atoms with van der Waals surface area (Å²) in [6.45, 7) is 8.37. The van der Waals surface area contributed by atoms with Gasteiger partial charge in [0, 0.05) is 23.2 Å². The maximum atomic E-state index is 11.7. The van der Waals surface area contributed by atoms with E-state index in [1.807, 2.05) is 0 Å². The molecule has 10 unspecified atom stereocenters. The zero-order valence-electron chi connectivity index (χ0n) is 15.4. The molecule has 10 atom stereocenters. The molecule has 2 saturated heterocycles. The Morgan fingerprint density at radius 2 is 1.73 bits per heavy atom. The molecule has 6 heteroatoms. The van der Waals surface area contributed by atoms with Gasteiger partial charge in [-0.1, -0.05) is 26.8 Å². The van der Waals surface area contributed by atoms with Gasteiger partial charge in [0.2, 0.25) is 5.79 Å². The summed E-state index contributed by atoms with van der Waals surface area (Å²) in [7, 11) is 0. The predicted octanol–water partition coefficient (Wildman–Crippen LogP) is 0.167. The molecule has 2 aliphatic heterocycles. The molecule has 0 aromatic carbocycles. The highest BCUT2D eigenvalue weighted by Crippen LogP contribution is 2.77. The lowest BCUT2D eigenvalue weighted by molar-refractivity contribution is -0.475. The van der Waals surface area contributed by atoms with Gasteiger partial charge in [-0.05, 0) is 30.3 Å². The number of fused-ring (bicyclic) bond motifs is 2. The third kappa shape index (κ3) is 1.49. The molecule has 6 fully saturated rings. The highest BCUT2D eigenvalue weighted by molar-refractivity contribution is 5.38. The lowest BCUT2D eigenvalue weighted by atomic mass is 9.35. The van der Waals surface area contributed by atoms with E-state index >= 15 is 0 Å². The van der Waals surface area contributed by atoms with Crippen LogP contribution in [-0.2, 0) is 4.74 Å². The molecule has 4 aliphatic carbocycles. The van der Waals surface area contributed by atoms with E-state index in [1.165, 1.54) is 0 Å². The molecule has 4 saturated carbocycles. The summed E-state index contributed by atoms with van der Waals surface area (Å²) in [6, 6.07) is 0. The van der Waals surface area contributed by atoms with Gasteiger partial charge in [-0.2, -0.15) is 0 Å². The molecule has 6 nitrogen and oxygen atoms in total. The molecule has 0 aromatic heterocycles. The largest absolute Gasteiger partial charge is 0.393 e. The Labute approximate surface area is 153 Å². The van der Waals surface area contributed by atoms with E-state index in [-0.39, 0.29) is 17.9 Å². The van der Waals surface area contributed by atoms with Crippen LogP contribution >= 0.6 is 0 Å². The highest BCUT2D eigenvalue weighted by Gasteiger charge is 2.86. The average Bonchev–Trinajstić information content (AvgIpc) is 2.67. The molecule has 2 spiro atoms. The molecule has 0 radical (unpaired) electrons. The van der Waals surface area contributed by atoms with Crippen molar-refractivity contribution in [2.45, 2.75) is 69.7 Å². The number of hydrogen-bond acceptors (Lipinski definition) is 6. The van der Waals surface area contributed by atoms with Crippen LogP contribution in [0.15, 0.2) is 12.2 Å². The zero-order valence-corrected chi connectivity index (χ0v) is 15.4. The zero-order chi connectivity index (χ0) is 18.9. The fourth-order valence-electron chi connectivity index (χ4n) is 8.29. The average molecular weight is 366 g/mol. The summed E-state index contributed by atoms with van der Waals surface area (Å²) < 4.78 is 5.89. The first kappa shape index (κ1) is 17.6. The summed E-state index contributed by atoms with van der Waals surface area (Å²) >= 11 is 0. The maximum absolute atomic E-state index is 11.7. The summed E-state index contributed by atoms with van der Waals surface area (Å²) in [5.74, 6) is -3.40. The molecule has 0 amide bonds. The number of aliphatic hydroxyl groups is 5. The fourth-order valence-corrected chi connectivity index (χ4v) is 8.29. The van der Waals surface area contributed by atoms with Gasteiger partial charge in [0.25, 0.3) is 0 Å². The van der Waals surface area contributed by atoms with Crippen molar-refractivity contribution in [3.63, 3.8) is 0 Å². The maximum Gasteiger partial charge on any atom is 0.203 e. The van der Waals surface area contributed by atoms with E-state index in [9.17, 15) is 25.5 Å². The molecule has 26 heavy (non-hydrogen) atoms. The Morgan fingerprint density at radius 3 is 2.42 bits per heavy atom. The van der Waals surface area contributed by atoms with E-state index in [0.717, 1.165) is 19.3 Å². The van der Waals surface area contributed by atoms with Gasteiger partial charge < -0.3 is 30.3 Å².